The molecule has 8 heteroatoms. The van der Waals surface area contributed by atoms with E-state index in [1.54, 1.807) is 13.8 Å². The summed E-state index contributed by atoms with van der Waals surface area (Å²) in [7, 11) is -3.70. The molecule has 0 amide bonds. The molecule has 0 bridgehead atoms. The van der Waals surface area contributed by atoms with Crippen molar-refractivity contribution in [2.45, 2.75) is 26.0 Å². The number of thiocarbonyl (C=S) groups is 1. The molecule has 0 aromatic heterocycles. The number of hydrogen-bond acceptors (Lipinski definition) is 5. The van der Waals surface area contributed by atoms with Crippen LogP contribution in [0.3, 0.4) is 0 Å². The minimum absolute atomic E-state index is 0.118. The Morgan fingerprint density at radius 3 is 2.35 bits per heavy atom. The second kappa shape index (κ2) is 6.87. The second-order valence-corrected chi connectivity index (χ2v) is 6.05. The Kier molecular flexibility index (Phi) is 6.58. The fraction of sp³-hybridized carbons (Fsp3) is 0.778. The van der Waals surface area contributed by atoms with Gasteiger partial charge in [-0.15, -0.1) is 0 Å². The van der Waals surface area contributed by atoms with Crippen molar-refractivity contribution in [2.75, 3.05) is 19.7 Å². The van der Waals surface area contributed by atoms with Gasteiger partial charge in [-0.2, -0.15) is 4.31 Å². The molecule has 0 rings (SSSR count). The van der Waals surface area contributed by atoms with E-state index in [0.29, 0.717) is 0 Å². The van der Waals surface area contributed by atoms with E-state index >= 15 is 0 Å². The summed E-state index contributed by atoms with van der Waals surface area (Å²) in [6, 6.07) is 0. The molecule has 0 radical (unpaired) electrons. The van der Waals surface area contributed by atoms with Crippen molar-refractivity contribution in [1.82, 2.24) is 4.31 Å². The molecule has 0 aromatic carbocycles. The van der Waals surface area contributed by atoms with Gasteiger partial charge in [0.2, 0.25) is 10.0 Å². The summed E-state index contributed by atoms with van der Waals surface area (Å²) in [5.41, 5.74) is 5.31. The third-order valence-electron chi connectivity index (χ3n) is 2.17. The molecule has 2 N–H and O–H groups in total. The first-order valence-electron chi connectivity index (χ1n) is 5.21. The molecule has 0 aliphatic carbocycles. The topological polar surface area (TPSA) is 89.7 Å². The number of esters is 1. The van der Waals surface area contributed by atoms with Crippen LogP contribution < -0.4 is 5.73 Å². The van der Waals surface area contributed by atoms with Crippen molar-refractivity contribution < 1.29 is 17.9 Å². The Morgan fingerprint density at radius 2 is 2.00 bits per heavy atom. The van der Waals surface area contributed by atoms with Crippen molar-refractivity contribution in [3.63, 3.8) is 0 Å². The lowest BCUT2D eigenvalue weighted by atomic mass is 10.5. The molecule has 0 aliphatic rings. The summed E-state index contributed by atoms with van der Waals surface area (Å²) in [4.78, 5) is 11.1. The predicted octanol–water partition coefficient (Wildman–Crippen LogP) is -0.124. The number of hydrogen-bond donors (Lipinski definition) is 1. The van der Waals surface area contributed by atoms with Crippen LogP contribution in [0.4, 0.5) is 0 Å². The molecule has 0 aromatic rings. The van der Waals surface area contributed by atoms with Crippen LogP contribution in [0.1, 0.15) is 20.8 Å². The first kappa shape index (κ1) is 16.3. The SMILES string of the molecule is CCOC(=O)CN(CC)S(=O)(=O)C(C)C(N)=S. The molecular formula is C9H18N2O4S2. The van der Waals surface area contributed by atoms with E-state index in [4.69, 9.17) is 10.5 Å². The number of nitrogens with zero attached hydrogens (tertiary/aromatic N) is 1. The van der Waals surface area contributed by atoms with Crippen molar-refractivity contribution in [2.24, 2.45) is 5.73 Å². The van der Waals surface area contributed by atoms with Crippen molar-refractivity contribution in [3.05, 3.63) is 0 Å². The third-order valence-corrected chi connectivity index (χ3v) is 4.93. The summed E-state index contributed by atoms with van der Waals surface area (Å²) < 4.78 is 29.7. The van der Waals surface area contributed by atoms with Crippen LogP contribution >= 0.6 is 12.2 Å². The quantitative estimate of drug-likeness (QED) is 0.517. The van der Waals surface area contributed by atoms with E-state index < -0.39 is 21.2 Å². The molecule has 6 nitrogen and oxygen atoms in total. The van der Waals surface area contributed by atoms with Gasteiger partial charge in [-0.05, 0) is 13.8 Å². The van der Waals surface area contributed by atoms with Crippen LogP contribution in [0.2, 0.25) is 0 Å². The molecule has 17 heavy (non-hydrogen) atoms. The molecule has 100 valence electrons. The highest BCUT2D eigenvalue weighted by Gasteiger charge is 2.31. The van der Waals surface area contributed by atoms with E-state index in [1.165, 1.54) is 6.92 Å². The number of ether oxygens (including phenoxy) is 1. The number of rotatable bonds is 7. The van der Waals surface area contributed by atoms with Gasteiger partial charge in [-0.3, -0.25) is 4.79 Å². The first-order valence-corrected chi connectivity index (χ1v) is 7.12. The summed E-state index contributed by atoms with van der Waals surface area (Å²) in [5, 5.41) is -0.994. The van der Waals surface area contributed by atoms with Crippen molar-refractivity contribution >= 4 is 33.2 Å². The number of nitrogens with two attached hydrogens (primary N) is 1. The van der Waals surface area contributed by atoms with Crippen molar-refractivity contribution in [1.29, 1.82) is 0 Å². The van der Waals surface area contributed by atoms with Gasteiger partial charge in [0.15, 0.2) is 0 Å². The van der Waals surface area contributed by atoms with E-state index in [9.17, 15) is 13.2 Å². The lowest BCUT2D eigenvalue weighted by Gasteiger charge is -2.22. The highest BCUT2D eigenvalue weighted by molar-refractivity contribution is 7.92. The minimum atomic E-state index is -3.70. The average Bonchev–Trinajstić information content (AvgIpc) is 2.24. The van der Waals surface area contributed by atoms with Gasteiger partial charge >= 0.3 is 5.97 Å². The molecule has 0 heterocycles. The summed E-state index contributed by atoms with van der Waals surface area (Å²) in [6.45, 7) is 4.73. The molecule has 0 aliphatic heterocycles. The number of carbonyl (C=O) groups excluding carboxylic acids is 1. The maximum atomic E-state index is 12.0. The number of likely N-dealkylation sites (N-methyl/N-ethyl adjacent to an activating group) is 1. The molecule has 1 unspecified atom stereocenters. The van der Waals surface area contributed by atoms with Gasteiger partial charge in [0.05, 0.1) is 11.6 Å². The van der Waals surface area contributed by atoms with Crippen LogP contribution in [0.5, 0.6) is 0 Å². The average molecular weight is 282 g/mol. The van der Waals surface area contributed by atoms with Crippen LogP contribution in [-0.2, 0) is 19.6 Å². The molecule has 0 fully saturated rings. The highest BCUT2D eigenvalue weighted by atomic mass is 32.2. The summed E-state index contributed by atoms with van der Waals surface area (Å²) in [5.74, 6) is -0.590. The molecule has 1 atom stereocenters. The molecule has 0 saturated carbocycles. The Bertz CT molecular complexity index is 380. The normalized spacial score (nSPS) is 13.4. The lowest BCUT2D eigenvalue weighted by molar-refractivity contribution is -0.143. The second-order valence-electron chi connectivity index (χ2n) is 3.32. The van der Waals surface area contributed by atoms with Gasteiger partial charge in [0.1, 0.15) is 11.8 Å². The number of sulfonamides is 1. The Balaban J connectivity index is 4.88. The first-order chi connectivity index (χ1) is 7.77. The maximum absolute atomic E-state index is 12.0. The zero-order valence-corrected chi connectivity index (χ0v) is 11.8. The minimum Gasteiger partial charge on any atom is -0.465 e. The fourth-order valence-electron chi connectivity index (χ4n) is 1.10. The van der Waals surface area contributed by atoms with Crippen molar-refractivity contribution in [3.8, 4) is 0 Å². The van der Waals surface area contributed by atoms with E-state index in [0.717, 1.165) is 4.31 Å². The van der Waals surface area contributed by atoms with Gasteiger partial charge in [-0.25, -0.2) is 8.42 Å². The zero-order chi connectivity index (χ0) is 13.6. The monoisotopic (exact) mass is 282 g/mol. The lowest BCUT2D eigenvalue weighted by Crippen LogP contribution is -2.45. The fourth-order valence-corrected chi connectivity index (χ4v) is 2.85. The predicted molar refractivity (Wildman–Crippen MR) is 69.0 cm³/mol. The van der Waals surface area contributed by atoms with Gasteiger partial charge < -0.3 is 10.5 Å². The van der Waals surface area contributed by atoms with Crippen LogP contribution in [0, 0.1) is 0 Å². The van der Waals surface area contributed by atoms with E-state index in [2.05, 4.69) is 12.2 Å². The van der Waals surface area contributed by atoms with Gasteiger partial charge in [0.25, 0.3) is 0 Å². The Hall–Kier alpha value is -0.730. The summed E-state index contributed by atoms with van der Waals surface area (Å²) in [6.07, 6.45) is 0. The number of carbonyl (C=O) groups is 1. The Labute approximate surface area is 107 Å². The molecule has 0 spiro atoms. The van der Waals surface area contributed by atoms with Crippen LogP contribution in [0.25, 0.3) is 0 Å². The smallest absolute Gasteiger partial charge is 0.321 e. The molecular weight excluding hydrogens is 264 g/mol. The van der Waals surface area contributed by atoms with Crippen LogP contribution in [0.15, 0.2) is 0 Å². The molecule has 0 saturated heterocycles. The Morgan fingerprint density at radius 1 is 1.47 bits per heavy atom. The van der Waals surface area contributed by atoms with Crippen LogP contribution in [-0.4, -0.2) is 48.6 Å². The van der Waals surface area contributed by atoms with E-state index in [1.807, 2.05) is 0 Å². The largest absolute Gasteiger partial charge is 0.465 e. The maximum Gasteiger partial charge on any atom is 0.321 e. The highest BCUT2D eigenvalue weighted by Crippen LogP contribution is 2.09. The third kappa shape index (κ3) is 4.57. The van der Waals surface area contributed by atoms with E-state index in [-0.39, 0.29) is 24.7 Å². The van der Waals surface area contributed by atoms with Gasteiger partial charge in [0, 0.05) is 6.54 Å². The zero-order valence-electron chi connectivity index (χ0n) is 10.2. The van der Waals surface area contributed by atoms with Gasteiger partial charge in [-0.1, -0.05) is 19.1 Å². The standard InChI is InChI=1S/C9H18N2O4S2/c1-4-11(6-8(12)15-5-2)17(13,14)7(3)9(10)16/h7H,4-6H2,1-3H3,(H2,10,16). The summed E-state index contributed by atoms with van der Waals surface area (Å²) >= 11 is 4.65.